The number of aromatic nitrogens is 2. The summed E-state index contributed by atoms with van der Waals surface area (Å²) in [5.74, 6) is -0.349. The first-order valence-electron chi connectivity index (χ1n) is 11.0. The molecule has 174 valence electrons. The zero-order chi connectivity index (χ0) is 23.0. The Morgan fingerprint density at radius 3 is 2.19 bits per heavy atom. The van der Waals surface area contributed by atoms with Gasteiger partial charge in [-0.2, -0.15) is 9.40 Å². The Balaban J connectivity index is 1.48. The molecular formula is C22H30FN5O3S. The van der Waals surface area contributed by atoms with Crippen molar-refractivity contribution >= 4 is 15.9 Å². The lowest BCUT2D eigenvalue weighted by atomic mass is 9.96. The van der Waals surface area contributed by atoms with Crippen molar-refractivity contribution < 1.29 is 17.6 Å². The van der Waals surface area contributed by atoms with Gasteiger partial charge in [-0.15, -0.1) is 0 Å². The lowest BCUT2D eigenvalue weighted by Crippen LogP contribution is -2.51. The van der Waals surface area contributed by atoms with Gasteiger partial charge in [-0.25, -0.2) is 17.5 Å². The van der Waals surface area contributed by atoms with Crippen molar-refractivity contribution in [1.82, 2.24) is 23.9 Å². The fourth-order valence-electron chi connectivity index (χ4n) is 4.59. The molecule has 0 unspecified atom stereocenters. The van der Waals surface area contributed by atoms with Crippen molar-refractivity contribution in [3.05, 3.63) is 41.5 Å². The first kappa shape index (κ1) is 22.9. The number of piperazine rings is 1. The van der Waals surface area contributed by atoms with Gasteiger partial charge in [0.25, 0.3) is 0 Å². The van der Waals surface area contributed by atoms with E-state index in [-0.39, 0.29) is 22.5 Å². The van der Waals surface area contributed by atoms with E-state index in [9.17, 15) is 17.6 Å². The van der Waals surface area contributed by atoms with Crippen LogP contribution in [-0.2, 0) is 14.8 Å². The van der Waals surface area contributed by atoms with Crippen LogP contribution in [0.4, 0.5) is 4.39 Å². The normalized spacial score (nSPS) is 19.4. The Bertz CT molecular complexity index is 1080. The van der Waals surface area contributed by atoms with E-state index in [0.29, 0.717) is 43.0 Å². The van der Waals surface area contributed by atoms with Crippen molar-refractivity contribution in [2.75, 3.05) is 46.3 Å². The quantitative estimate of drug-likeness (QED) is 0.691. The molecule has 0 spiro atoms. The van der Waals surface area contributed by atoms with Crippen LogP contribution in [-0.4, -0.2) is 84.5 Å². The van der Waals surface area contributed by atoms with Crippen LogP contribution < -0.4 is 0 Å². The molecule has 3 heterocycles. The van der Waals surface area contributed by atoms with E-state index in [1.54, 1.807) is 26.0 Å². The summed E-state index contributed by atoms with van der Waals surface area (Å²) in [5, 5.41) is 4.41. The highest BCUT2D eigenvalue weighted by Crippen LogP contribution is 2.30. The average molecular weight is 464 g/mol. The number of halogens is 1. The van der Waals surface area contributed by atoms with Gasteiger partial charge in [-0.1, -0.05) is 0 Å². The van der Waals surface area contributed by atoms with Gasteiger partial charge >= 0.3 is 0 Å². The van der Waals surface area contributed by atoms with Gasteiger partial charge in [0.1, 0.15) is 10.7 Å². The topological polar surface area (TPSA) is 78.8 Å². The molecule has 2 fully saturated rings. The molecule has 32 heavy (non-hydrogen) atoms. The molecule has 0 radical (unpaired) electrons. The fraction of sp³-hybridized carbons (Fsp3) is 0.545. The van der Waals surface area contributed by atoms with E-state index in [0.717, 1.165) is 26.2 Å². The van der Waals surface area contributed by atoms with Gasteiger partial charge in [-0.05, 0) is 58.0 Å². The number of sulfonamides is 1. The number of aryl methyl sites for hydroxylation is 1. The second-order valence-corrected chi connectivity index (χ2v) is 10.6. The van der Waals surface area contributed by atoms with E-state index >= 15 is 0 Å². The number of carbonyl (C=O) groups excluding carboxylic acids is 1. The van der Waals surface area contributed by atoms with E-state index in [2.05, 4.69) is 10.00 Å². The number of nitrogens with zero attached hydrogens (tertiary/aromatic N) is 5. The fourth-order valence-corrected chi connectivity index (χ4v) is 6.42. The number of piperidine rings is 1. The minimum atomic E-state index is -3.76. The second-order valence-electron chi connectivity index (χ2n) is 8.70. The number of hydrogen-bond acceptors (Lipinski definition) is 5. The summed E-state index contributed by atoms with van der Waals surface area (Å²) < 4.78 is 43.2. The Kier molecular flexibility index (Phi) is 6.37. The zero-order valence-electron chi connectivity index (χ0n) is 18.8. The first-order valence-corrected chi connectivity index (χ1v) is 12.4. The molecule has 0 saturated carbocycles. The van der Waals surface area contributed by atoms with Gasteiger partial charge in [0, 0.05) is 45.2 Å². The molecule has 0 aliphatic carbocycles. The van der Waals surface area contributed by atoms with Crippen LogP contribution in [0.5, 0.6) is 0 Å². The molecule has 2 saturated heterocycles. The molecule has 0 bridgehead atoms. The van der Waals surface area contributed by atoms with Gasteiger partial charge in [0.05, 0.1) is 17.1 Å². The Labute approximate surface area is 188 Å². The van der Waals surface area contributed by atoms with Crippen molar-refractivity contribution in [3.63, 3.8) is 0 Å². The summed E-state index contributed by atoms with van der Waals surface area (Å²) in [4.78, 5) is 17.2. The van der Waals surface area contributed by atoms with Crippen molar-refractivity contribution in [2.24, 2.45) is 5.92 Å². The molecule has 8 nitrogen and oxygen atoms in total. The molecule has 4 rings (SSSR count). The predicted molar refractivity (Wildman–Crippen MR) is 119 cm³/mol. The lowest BCUT2D eigenvalue weighted by Gasteiger charge is -2.37. The average Bonchev–Trinajstić information content (AvgIpc) is 3.09. The number of hydrogen-bond donors (Lipinski definition) is 0. The van der Waals surface area contributed by atoms with Crippen LogP contribution in [0.2, 0.25) is 0 Å². The zero-order valence-corrected chi connectivity index (χ0v) is 19.6. The highest BCUT2D eigenvalue weighted by molar-refractivity contribution is 7.89. The Morgan fingerprint density at radius 1 is 1.00 bits per heavy atom. The molecule has 2 aliphatic heterocycles. The van der Waals surface area contributed by atoms with E-state index in [1.165, 1.54) is 21.1 Å². The lowest BCUT2D eigenvalue weighted by molar-refractivity contribution is -0.138. The number of amides is 1. The maximum atomic E-state index is 13.5. The summed E-state index contributed by atoms with van der Waals surface area (Å²) in [6.45, 7) is 7.21. The minimum Gasteiger partial charge on any atom is -0.340 e. The van der Waals surface area contributed by atoms with Crippen LogP contribution >= 0.6 is 0 Å². The highest BCUT2D eigenvalue weighted by Gasteiger charge is 2.37. The molecular weight excluding hydrogens is 433 g/mol. The third kappa shape index (κ3) is 4.31. The Hall–Kier alpha value is -2.30. The summed E-state index contributed by atoms with van der Waals surface area (Å²) in [5.41, 5.74) is 1.50. The summed E-state index contributed by atoms with van der Waals surface area (Å²) in [6.07, 6.45) is 1.04. The van der Waals surface area contributed by atoms with Crippen molar-refractivity contribution in [3.8, 4) is 5.69 Å². The molecule has 1 amide bonds. The first-order chi connectivity index (χ1) is 15.2. The van der Waals surface area contributed by atoms with Gasteiger partial charge in [-0.3, -0.25) is 4.79 Å². The van der Waals surface area contributed by atoms with E-state index < -0.39 is 10.0 Å². The number of benzene rings is 1. The van der Waals surface area contributed by atoms with Crippen molar-refractivity contribution in [2.45, 2.75) is 31.6 Å². The molecule has 0 atom stereocenters. The SMILES string of the molecule is Cc1nn(-c2ccc(F)cc2)c(C)c1S(=O)(=O)N1CCC(C(=O)N2CCN(C)CC2)CC1. The minimum absolute atomic E-state index is 0.131. The maximum Gasteiger partial charge on any atom is 0.246 e. The standard InChI is InChI=1S/C22H30FN5O3S/c1-16-21(17(2)28(24-16)20-6-4-19(23)5-7-20)32(30,31)27-10-8-18(9-11-27)22(29)26-14-12-25(3)13-15-26/h4-7,18H,8-15H2,1-3H3. The van der Waals surface area contributed by atoms with Gasteiger partial charge in [0.2, 0.25) is 15.9 Å². The maximum absolute atomic E-state index is 13.5. The molecule has 10 heteroatoms. The highest BCUT2D eigenvalue weighted by atomic mass is 32.2. The van der Waals surface area contributed by atoms with Crippen LogP contribution in [0.1, 0.15) is 24.2 Å². The van der Waals surface area contributed by atoms with Crippen LogP contribution in [0.25, 0.3) is 5.69 Å². The molecule has 2 aromatic rings. The summed E-state index contributed by atoms with van der Waals surface area (Å²) in [7, 11) is -1.71. The predicted octanol–water partition coefficient (Wildman–Crippen LogP) is 1.80. The van der Waals surface area contributed by atoms with Gasteiger partial charge < -0.3 is 9.80 Å². The molecule has 1 aromatic carbocycles. The van der Waals surface area contributed by atoms with Gasteiger partial charge in [0.15, 0.2) is 0 Å². The van der Waals surface area contributed by atoms with E-state index in [1.807, 2.05) is 11.9 Å². The molecule has 1 aromatic heterocycles. The Morgan fingerprint density at radius 2 is 1.59 bits per heavy atom. The van der Waals surface area contributed by atoms with E-state index in [4.69, 9.17) is 0 Å². The molecule has 2 aliphatic rings. The smallest absolute Gasteiger partial charge is 0.246 e. The second kappa shape index (κ2) is 8.92. The summed E-state index contributed by atoms with van der Waals surface area (Å²) in [6, 6.07) is 5.78. The molecule has 0 N–H and O–H groups in total. The third-order valence-corrected chi connectivity index (χ3v) is 8.66. The van der Waals surface area contributed by atoms with Crippen molar-refractivity contribution in [1.29, 1.82) is 0 Å². The number of likely N-dealkylation sites (N-methyl/N-ethyl adjacent to an activating group) is 1. The van der Waals surface area contributed by atoms with Crippen LogP contribution in [0.3, 0.4) is 0 Å². The third-order valence-electron chi connectivity index (χ3n) is 6.51. The van der Waals surface area contributed by atoms with Crippen LogP contribution in [0, 0.1) is 25.6 Å². The largest absolute Gasteiger partial charge is 0.340 e. The van der Waals surface area contributed by atoms with Crippen LogP contribution in [0.15, 0.2) is 29.2 Å². The number of carbonyl (C=O) groups is 1. The summed E-state index contributed by atoms with van der Waals surface area (Å²) >= 11 is 0. The number of rotatable bonds is 4. The monoisotopic (exact) mass is 463 g/mol.